The minimum absolute atomic E-state index is 0.707. The molecule has 1 aliphatic heterocycles. The molecule has 0 atom stereocenters. The van der Waals surface area contributed by atoms with Crippen LogP contribution in [-0.4, -0.2) is 9.55 Å². The van der Waals surface area contributed by atoms with E-state index in [0.29, 0.717) is 6.67 Å². The van der Waals surface area contributed by atoms with Crippen molar-refractivity contribution < 1.29 is 4.57 Å². The van der Waals surface area contributed by atoms with Crippen LogP contribution in [0.4, 0.5) is 0 Å². The molecule has 0 saturated heterocycles. The zero-order chi connectivity index (χ0) is 26.0. The van der Waals surface area contributed by atoms with Crippen LogP contribution >= 0.6 is 0 Å². The zero-order valence-electron chi connectivity index (χ0n) is 22.3. The van der Waals surface area contributed by atoms with Gasteiger partial charge in [0.05, 0.1) is 16.6 Å². The van der Waals surface area contributed by atoms with Gasteiger partial charge in [-0.25, -0.2) is 4.98 Å². The van der Waals surface area contributed by atoms with Crippen LogP contribution in [0.3, 0.4) is 0 Å². The molecule has 38 heavy (non-hydrogen) atoms. The summed E-state index contributed by atoms with van der Waals surface area (Å²) in [5, 5.41) is 0. The lowest BCUT2D eigenvalue weighted by atomic mass is 9.94. The minimum Gasteiger partial charge on any atom is -0.267 e. The molecule has 0 radical (unpaired) electrons. The Bertz CT molecular complexity index is 1850. The maximum atomic E-state index is 5.35. The van der Waals surface area contributed by atoms with Gasteiger partial charge in [0.1, 0.15) is 5.82 Å². The van der Waals surface area contributed by atoms with E-state index in [9.17, 15) is 0 Å². The molecule has 3 heteroatoms. The highest BCUT2D eigenvalue weighted by Gasteiger charge is 2.28. The number of pyridine rings is 1. The number of benzene rings is 4. The van der Waals surface area contributed by atoms with Gasteiger partial charge in [0.25, 0.3) is 0 Å². The van der Waals surface area contributed by atoms with Gasteiger partial charge in [0.2, 0.25) is 12.4 Å². The molecule has 0 N–H and O–H groups in total. The van der Waals surface area contributed by atoms with Crippen LogP contribution in [0.5, 0.6) is 0 Å². The maximum absolute atomic E-state index is 5.35. The summed E-state index contributed by atoms with van der Waals surface area (Å²) in [4.78, 5) is 5.35. The summed E-state index contributed by atoms with van der Waals surface area (Å²) >= 11 is 0. The number of para-hydroxylation sites is 1. The average molecular weight is 493 g/mol. The van der Waals surface area contributed by atoms with E-state index < -0.39 is 0 Å². The number of aromatic nitrogens is 3. The van der Waals surface area contributed by atoms with Crippen molar-refractivity contribution >= 4 is 11.0 Å². The molecule has 3 nitrogen and oxygen atoms in total. The lowest BCUT2D eigenvalue weighted by Gasteiger charge is -2.12. The third-order valence-electron chi connectivity index (χ3n) is 8.07. The first-order chi connectivity index (χ1) is 18.5. The van der Waals surface area contributed by atoms with Crippen LogP contribution in [0, 0.1) is 27.7 Å². The fraction of sp³-hybridized carbons (Fsp3) is 0.143. The average Bonchev–Trinajstić information content (AvgIpc) is 3.21. The number of hydrogen-bond donors (Lipinski definition) is 0. The lowest BCUT2D eigenvalue weighted by molar-refractivity contribution is -0.689. The van der Waals surface area contributed by atoms with Gasteiger partial charge in [-0.15, -0.1) is 0 Å². The van der Waals surface area contributed by atoms with E-state index in [2.05, 4.69) is 134 Å². The minimum atomic E-state index is 0.707. The highest BCUT2D eigenvalue weighted by Crippen LogP contribution is 2.39. The maximum Gasteiger partial charge on any atom is 0.229 e. The molecule has 0 unspecified atom stereocenters. The van der Waals surface area contributed by atoms with Crippen molar-refractivity contribution in [1.82, 2.24) is 9.55 Å². The van der Waals surface area contributed by atoms with Crippen LogP contribution in [0.15, 0.2) is 97.2 Å². The van der Waals surface area contributed by atoms with E-state index in [-0.39, 0.29) is 0 Å². The second-order valence-electron chi connectivity index (χ2n) is 10.5. The molecule has 0 amide bonds. The summed E-state index contributed by atoms with van der Waals surface area (Å²) in [6.07, 6.45) is 2.24. The zero-order valence-corrected chi connectivity index (χ0v) is 22.3. The summed E-state index contributed by atoms with van der Waals surface area (Å²) in [6, 6.07) is 33.0. The first-order valence-electron chi connectivity index (χ1n) is 13.3. The molecule has 184 valence electrons. The van der Waals surface area contributed by atoms with Crippen molar-refractivity contribution in [3.63, 3.8) is 0 Å². The van der Waals surface area contributed by atoms with Crippen LogP contribution in [0.1, 0.15) is 22.3 Å². The van der Waals surface area contributed by atoms with Crippen molar-refractivity contribution in [2.75, 3.05) is 0 Å². The molecule has 0 aliphatic carbocycles. The van der Waals surface area contributed by atoms with Gasteiger partial charge < -0.3 is 0 Å². The Balaban J connectivity index is 1.48. The molecule has 7 rings (SSSR count). The Hall–Kier alpha value is -4.50. The van der Waals surface area contributed by atoms with Crippen LogP contribution < -0.4 is 4.57 Å². The molecule has 3 heterocycles. The van der Waals surface area contributed by atoms with Crippen LogP contribution in [-0.2, 0) is 6.67 Å². The first kappa shape index (κ1) is 22.7. The van der Waals surface area contributed by atoms with Gasteiger partial charge in [0, 0.05) is 23.3 Å². The smallest absolute Gasteiger partial charge is 0.229 e. The Labute approximate surface area is 223 Å². The van der Waals surface area contributed by atoms with Crippen molar-refractivity contribution in [1.29, 1.82) is 0 Å². The summed E-state index contributed by atoms with van der Waals surface area (Å²) in [5.41, 5.74) is 16.0. The lowest BCUT2D eigenvalue weighted by Crippen LogP contribution is -2.38. The Morgan fingerprint density at radius 1 is 0.632 bits per heavy atom. The number of fused-ring (bicyclic) bond motifs is 7. The molecule has 6 aromatic rings. The molecule has 4 aromatic carbocycles. The third kappa shape index (κ3) is 3.35. The topological polar surface area (TPSA) is 21.7 Å². The highest BCUT2D eigenvalue weighted by atomic mass is 15.2. The molecule has 0 spiro atoms. The fourth-order valence-electron chi connectivity index (χ4n) is 6.30. The van der Waals surface area contributed by atoms with Crippen molar-refractivity contribution in [3.8, 4) is 44.9 Å². The number of hydrogen-bond acceptors (Lipinski definition) is 1. The van der Waals surface area contributed by atoms with Crippen molar-refractivity contribution in [2.45, 2.75) is 34.4 Å². The highest BCUT2D eigenvalue weighted by molar-refractivity contribution is 5.97. The Morgan fingerprint density at radius 3 is 1.95 bits per heavy atom. The Morgan fingerprint density at radius 2 is 1.24 bits per heavy atom. The first-order valence-corrected chi connectivity index (χ1v) is 13.3. The standard InChI is InChI=1S/C35H30N3/c1-22-10-7-11-23(2)32(22)26-18-19-37-21-38-30-17-9-16-29(33-24(3)12-8-13-25(33)4)34(30)36-35(38)28-15-6-5-14-27(28)31(37)20-26/h5-20H,21H2,1-4H3/q+1. The second kappa shape index (κ2) is 8.53. The van der Waals surface area contributed by atoms with E-state index >= 15 is 0 Å². The van der Waals surface area contributed by atoms with Gasteiger partial charge in [-0.05, 0) is 78.8 Å². The molecule has 0 saturated carbocycles. The summed E-state index contributed by atoms with van der Waals surface area (Å²) in [7, 11) is 0. The van der Waals surface area contributed by atoms with Gasteiger partial charge >= 0.3 is 0 Å². The van der Waals surface area contributed by atoms with E-state index in [1.165, 1.54) is 61.3 Å². The predicted octanol–water partition coefficient (Wildman–Crippen LogP) is 8.04. The van der Waals surface area contributed by atoms with Crippen molar-refractivity contribution in [2.24, 2.45) is 0 Å². The molecule has 0 bridgehead atoms. The van der Waals surface area contributed by atoms with Crippen LogP contribution in [0.2, 0.25) is 0 Å². The molecular weight excluding hydrogens is 462 g/mol. The van der Waals surface area contributed by atoms with Gasteiger partial charge in [0.15, 0.2) is 6.20 Å². The quantitative estimate of drug-likeness (QED) is 0.224. The predicted molar refractivity (Wildman–Crippen MR) is 156 cm³/mol. The number of rotatable bonds is 2. The van der Waals surface area contributed by atoms with Gasteiger partial charge in [-0.2, -0.15) is 4.57 Å². The number of aryl methyl sites for hydroxylation is 4. The van der Waals surface area contributed by atoms with Crippen LogP contribution in [0.25, 0.3) is 55.9 Å². The molecule has 2 aromatic heterocycles. The SMILES string of the molecule is Cc1cccc(C)c1-c1cc[n+]2c(c1)-c1ccccc1-c1nc3c(-c4c(C)cccc4C)cccc3n1C2. The monoisotopic (exact) mass is 492 g/mol. The van der Waals surface area contributed by atoms with Gasteiger partial charge in [-0.1, -0.05) is 66.7 Å². The van der Waals surface area contributed by atoms with E-state index in [1.54, 1.807) is 0 Å². The van der Waals surface area contributed by atoms with E-state index in [0.717, 1.165) is 16.9 Å². The Kier molecular flexibility index (Phi) is 5.09. The van der Waals surface area contributed by atoms with E-state index in [4.69, 9.17) is 4.98 Å². The normalized spacial score (nSPS) is 12.1. The van der Waals surface area contributed by atoms with Crippen molar-refractivity contribution in [3.05, 3.63) is 119 Å². The fourth-order valence-corrected chi connectivity index (χ4v) is 6.30. The molecule has 0 fully saturated rings. The number of nitrogens with zero attached hydrogens (tertiary/aromatic N) is 3. The van der Waals surface area contributed by atoms with E-state index in [1.807, 2.05) is 0 Å². The van der Waals surface area contributed by atoms with Gasteiger partial charge in [-0.3, -0.25) is 4.57 Å². The second-order valence-corrected chi connectivity index (χ2v) is 10.5. The molecular formula is C35H30N3+. The summed E-state index contributed by atoms with van der Waals surface area (Å²) in [5.74, 6) is 1.02. The number of imidazole rings is 1. The largest absolute Gasteiger partial charge is 0.267 e. The summed E-state index contributed by atoms with van der Waals surface area (Å²) < 4.78 is 4.74. The summed E-state index contributed by atoms with van der Waals surface area (Å²) in [6.45, 7) is 9.49. The molecule has 1 aliphatic rings. The third-order valence-corrected chi connectivity index (χ3v) is 8.07.